The standard InChI is InChI=1S/C13H16N2O3/c14-8-4-7-12(16)15-11(9-18-13(15)17)10-5-2-1-3-6-10/h1-3,5-6,11H,4,7-9,14H2. The van der Waals surface area contributed by atoms with E-state index in [0.29, 0.717) is 13.0 Å². The van der Waals surface area contributed by atoms with E-state index in [1.807, 2.05) is 30.3 Å². The molecule has 1 aromatic rings. The lowest BCUT2D eigenvalue weighted by Gasteiger charge is -2.19. The summed E-state index contributed by atoms with van der Waals surface area (Å²) < 4.78 is 4.97. The van der Waals surface area contributed by atoms with Crippen molar-refractivity contribution in [1.29, 1.82) is 0 Å². The first kappa shape index (κ1) is 12.6. The van der Waals surface area contributed by atoms with Gasteiger partial charge in [0.1, 0.15) is 12.6 Å². The van der Waals surface area contributed by atoms with E-state index in [2.05, 4.69) is 0 Å². The Morgan fingerprint density at radius 3 is 2.78 bits per heavy atom. The van der Waals surface area contributed by atoms with Crippen molar-refractivity contribution < 1.29 is 14.3 Å². The molecule has 0 aliphatic carbocycles. The molecule has 5 nitrogen and oxygen atoms in total. The first-order valence-electron chi connectivity index (χ1n) is 5.98. The van der Waals surface area contributed by atoms with Crippen LogP contribution in [0.5, 0.6) is 0 Å². The monoisotopic (exact) mass is 248 g/mol. The second-order valence-corrected chi connectivity index (χ2v) is 4.16. The van der Waals surface area contributed by atoms with E-state index in [9.17, 15) is 9.59 Å². The molecule has 2 N–H and O–H groups in total. The lowest BCUT2D eigenvalue weighted by molar-refractivity contribution is -0.129. The van der Waals surface area contributed by atoms with E-state index in [1.54, 1.807) is 0 Å². The SMILES string of the molecule is NCCCC(=O)N1C(=O)OCC1c1ccccc1. The molecule has 18 heavy (non-hydrogen) atoms. The van der Waals surface area contributed by atoms with Gasteiger partial charge in [0.2, 0.25) is 5.91 Å². The average Bonchev–Trinajstić information content (AvgIpc) is 2.79. The molecule has 1 unspecified atom stereocenters. The minimum Gasteiger partial charge on any atom is -0.446 e. The fourth-order valence-corrected chi connectivity index (χ4v) is 1.99. The van der Waals surface area contributed by atoms with Crippen molar-refractivity contribution in [1.82, 2.24) is 4.90 Å². The van der Waals surface area contributed by atoms with E-state index >= 15 is 0 Å². The number of rotatable bonds is 4. The zero-order valence-electron chi connectivity index (χ0n) is 10.0. The second-order valence-electron chi connectivity index (χ2n) is 4.16. The van der Waals surface area contributed by atoms with Crippen molar-refractivity contribution in [2.24, 2.45) is 5.73 Å². The number of benzene rings is 1. The maximum atomic E-state index is 12.0. The summed E-state index contributed by atoms with van der Waals surface area (Å²) in [5.41, 5.74) is 6.28. The summed E-state index contributed by atoms with van der Waals surface area (Å²) in [5.74, 6) is -0.225. The van der Waals surface area contributed by atoms with Gasteiger partial charge < -0.3 is 10.5 Å². The summed E-state index contributed by atoms with van der Waals surface area (Å²) in [4.78, 5) is 24.8. The van der Waals surface area contributed by atoms with Gasteiger partial charge in [0.25, 0.3) is 0 Å². The number of carbonyl (C=O) groups excluding carboxylic acids is 2. The summed E-state index contributed by atoms with van der Waals surface area (Å²) in [6.07, 6.45) is 0.282. The fraction of sp³-hybridized carbons (Fsp3) is 0.385. The van der Waals surface area contributed by atoms with Crippen molar-refractivity contribution >= 4 is 12.0 Å². The van der Waals surface area contributed by atoms with Crippen LogP contribution in [0.2, 0.25) is 0 Å². The average molecular weight is 248 g/mol. The number of carbonyl (C=O) groups is 2. The van der Waals surface area contributed by atoms with Crippen LogP contribution in [0.4, 0.5) is 4.79 Å². The van der Waals surface area contributed by atoms with Gasteiger partial charge in [-0.15, -0.1) is 0 Å². The van der Waals surface area contributed by atoms with Crippen molar-refractivity contribution in [2.75, 3.05) is 13.2 Å². The lowest BCUT2D eigenvalue weighted by Crippen LogP contribution is -2.34. The highest BCUT2D eigenvalue weighted by Crippen LogP contribution is 2.28. The molecule has 0 radical (unpaired) electrons. The van der Waals surface area contributed by atoms with Crippen molar-refractivity contribution in [3.8, 4) is 0 Å². The van der Waals surface area contributed by atoms with Crippen LogP contribution in [0, 0.1) is 0 Å². The molecule has 0 spiro atoms. The number of hydrogen-bond donors (Lipinski definition) is 1. The molecule has 0 bridgehead atoms. The van der Waals surface area contributed by atoms with E-state index in [-0.39, 0.29) is 25.0 Å². The Morgan fingerprint density at radius 2 is 2.11 bits per heavy atom. The van der Waals surface area contributed by atoms with Gasteiger partial charge in [-0.3, -0.25) is 4.79 Å². The molecule has 2 rings (SSSR count). The largest absolute Gasteiger partial charge is 0.446 e. The molecule has 1 saturated heterocycles. The maximum Gasteiger partial charge on any atom is 0.417 e. The summed E-state index contributed by atoms with van der Waals surface area (Å²) in [7, 11) is 0. The molecule has 5 heteroatoms. The molecule has 1 aliphatic rings. The van der Waals surface area contributed by atoms with Crippen LogP contribution < -0.4 is 5.73 Å². The summed E-state index contributed by atoms with van der Waals surface area (Å²) in [6.45, 7) is 0.655. The first-order valence-corrected chi connectivity index (χ1v) is 5.98. The Balaban J connectivity index is 2.15. The molecular formula is C13H16N2O3. The number of imide groups is 1. The molecule has 1 heterocycles. The third-order valence-corrected chi connectivity index (χ3v) is 2.92. The van der Waals surface area contributed by atoms with Gasteiger partial charge in [-0.05, 0) is 18.5 Å². The van der Waals surface area contributed by atoms with E-state index in [1.165, 1.54) is 4.90 Å². The topological polar surface area (TPSA) is 72.6 Å². The van der Waals surface area contributed by atoms with Gasteiger partial charge in [-0.2, -0.15) is 0 Å². The van der Waals surface area contributed by atoms with E-state index < -0.39 is 6.09 Å². The molecule has 2 amide bonds. The predicted molar refractivity (Wildman–Crippen MR) is 65.7 cm³/mol. The smallest absolute Gasteiger partial charge is 0.417 e. The minimum atomic E-state index is -0.564. The van der Waals surface area contributed by atoms with Gasteiger partial charge in [-0.1, -0.05) is 30.3 Å². The Bertz CT molecular complexity index is 433. The highest BCUT2D eigenvalue weighted by molar-refractivity contribution is 5.93. The Hall–Kier alpha value is -1.88. The molecule has 1 aliphatic heterocycles. The normalized spacial score (nSPS) is 18.8. The van der Waals surface area contributed by atoms with E-state index in [0.717, 1.165) is 5.56 Å². The maximum absolute atomic E-state index is 12.0. The lowest BCUT2D eigenvalue weighted by atomic mass is 10.1. The number of nitrogens with two attached hydrogens (primary N) is 1. The van der Waals surface area contributed by atoms with Crippen LogP contribution in [-0.4, -0.2) is 30.1 Å². The van der Waals surface area contributed by atoms with Crippen molar-refractivity contribution in [3.63, 3.8) is 0 Å². The second kappa shape index (κ2) is 5.64. The summed E-state index contributed by atoms with van der Waals surface area (Å²) in [5, 5.41) is 0. The molecule has 0 saturated carbocycles. The number of amides is 2. The van der Waals surface area contributed by atoms with Crippen molar-refractivity contribution in [2.45, 2.75) is 18.9 Å². The molecule has 0 aromatic heterocycles. The van der Waals surface area contributed by atoms with Gasteiger partial charge in [-0.25, -0.2) is 9.69 Å². The van der Waals surface area contributed by atoms with Crippen LogP contribution in [0.1, 0.15) is 24.4 Å². The number of cyclic esters (lactones) is 1. The quantitative estimate of drug-likeness (QED) is 0.875. The summed E-state index contributed by atoms with van der Waals surface area (Å²) >= 11 is 0. The zero-order chi connectivity index (χ0) is 13.0. The van der Waals surface area contributed by atoms with Crippen LogP contribution in [-0.2, 0) is 9.53 Å². The van der Waals surface area contributed by atoms with Crippen LogP contribution in [0.3, 0.4) is 0 Å². The zero-order valence-corrected chi connectivity index (χ0v) is 10.0. The molecule has 1 atom stereocenters. The third-order valence-electron chi connectivity index (χ3n) is 2.92. The van der Waals surface area contributed by atoms with Gasteiger partial charge in [0, 0.05) is 6.42 Å². The number of hydrogen-bond acceptors (Lipinski definition) is 4. The summed E-state index contributed by atoms with van der Waals surface area (Å²) in [6, 6.07) is 9.10. The Morgan fingerprint density at radius 1 is 1.39 bits per heavy atom. The van der Waals surface area contributed by atoms with Crippen LogP contribution in [0.25, 0.3) is 0 Å². The number of nitrogens with zero attached hydrogens (tertiary/aromatic N) is 1. The van der Waals surface area contributed by atoms with Crippen LogP contribution >= 0.6 is 0 Å². The van der Waals surface area contributed by atoms with Crippen molar-refractivity contribution in [3.05, 3.63) is 35.9 Å². The fourth-order valence-electron chi connectivity index (χ4n) is 1.99. The molecule has 1 aromatic carbocycles. The number of ether oxygens (including phenoxy) is 1. The van der Waals surface area contributed by atoms with Gasteiger partial charge in [0.05, 0.1) is 0 Å². The van der Waals surface area contributed by atoms with Crippen LogP contribution in [0.15, 0.2) is 30.3 Å². The highest BCUT2D eigenvalue weighted by Gasteiger charge is 2.38. The van der Waals surface area contributed by atoms with E-state index in [4.69, 9.17) is 10.5 Å². The molecule has 1 fully saturated rings. The molecular weight excluding hydrogens is 232 g/mol. The molecule has 96 valence electrons. The van der Waals surface area contributed by atoms with Gasteiger partial charge in [0.15, 0.2) is 0 Å². The Kier molecular flexibility index (Phi) is 3.94. The minimum absolute atomic E-state index is 0.219. The third kappa shape index (κ3) is 2.51. The highest BCUT2D eigenvalue weighted by atomic mass is 16.6. The Labute approximate surface area is 106 Å². The van der Waals surface area contributed by atoms with Gasteiger partial charge >= 0.3 is 6.09 Å². The predicted octanol–water partition coefficient (Wildman–Crippen LogP) is 1.45. The first-order chi connectivity index (χ1) is 8.74.